The number of nitrogen functional groups attached to an aromatic ring is 1. The van der Waals surface area contributed by atoms with Gasteiger partial charge in [-0.15, -0.1) is 11.8 Å². The molecule has 0 bridgehead atoms. The summed E-state index contributed by atoms with van der Waals surface area (Å²) in [4.78, 5) is 0.962. The van der Waals surface area contributed by atoms with Gasteiger partial charge in [0.1, 0.15) is 5.76 Å². The highest BCUT2D eigenvalue weighted by molar-refractivity contribution is 8.00. The number of benzene rings is 1. The number of anilines is 1. The molecule has 21 heavy (non-hydrogen) atoms. The SMILES string of the molecule is CC(NS(=O)(=O)CCSc1cccc(N)c1)c1ccco1. The van der Waals surface area contributed by atoms with Crippen molar-refractivity contribution in [3.8, 4) is 0 Å². The van der Waals surface area contributed by atoms with Crippen LogP contribution in [0.2, 0.25) is 0 Å². The fourth-order valence-corrected chi connectivity index (χ4v) is 4.41. The number of hydrogen-bond donors (Lipinski definition) is 2. The maximum Gasteiger partial charge on any atom is 0.213 e. The molecule has 0 aliphatic heterocycles. The lowest BCUT2D eigenvalue weighted by Gasteiger charge is -2.11. The molecule has 1 aromatic heterocycles. The van der Waals surface area contributed by atoms with E-state index in [0.717, 1.165) is 4.90 Å². The summed E-state index contributed by atoms with van der Waals surface area (Å²) in [6.45, 7) is 1.75. The second-order valence-electron chi connectivity index (χ2n) is 4.59. The number of nitrogens with one attached hydrogen (secondary N) is 1. The minimum Gasteiger partial charge on any atom is -0.468 e. The van der Waals surface area contributed by atoms with Crippen LogP contribution in [-0.4, -0.2) is 19.9 Å². The molecule has 2 aromatic rings. The average Bonchev–Trinajstić information content (AvgIpc) is 2.92. The van der Waals surface area contributed by atoms with Crippen molar-refractivity contribution in [1.29, 1.82) is 0 Å². The van der Waals surface area contributed by atoms with Crippen LogP contribution in [-0.2, 0) is 10.0 Å². The molecular formula is C14H18N2O3S2. The van der Waals surface area contributed by atoms with Crippen molar-refractivity contribution in [2.75, 3.05) is 17.2 Å². The molecule has 1 heterocycles. The van der Waals surface area contributed by atoms with Gasteiger partial charge >= 0.3 is 0 Å². The van der Waals surface area contributed by atoms with Gasteiger partial charge in [-0.2, -0.15) is 0 Å². The number of hydrogen-bond acceptors (Lipinski definition) is 5. The van der Waals surface area contributed by atoms with Crippen LogP contribution in [0.25, 0.3) is 0 Å². The van der Waals surface area contributed by atoms with E-state index in [-0.39, 0.29) is 11.8 Å². The second kappa shape index (κ2) is 7.02. The highest BCUT2D eigenvalue weighted by atomic mass is 32.2. The van der Waals surface area contributed by atoms with Crippen molar-refractivity contribution in [2.45, 2.75) is 17.9 Å². The zero-order chi connectivity index (χ0) is 15.3. The Kier molecular flexibility index (Phi) is 5.33. The van der Waals surface area contributed by atoms with Gasteiger partial charge in [-0.1, -0.05) is 6.07 Å². The van der Waals surface area contributed by atoms with Crippen molar-refractivity contribution >= 4 is 27.5 Å². The average molecular weight is 326 g/mol. The third-order valence-electron chi connectivity index (χ3n) is 2.81. The Bertz CT molecular complexity index is 669. The van der Waals surface area contributed by atoms with Crippen LogP contribution in [0.5, 0.6) is 0 Å². The fourth-order valence-electron chi connectivity index (χ4n) is 1.80. The Morgan fingerprint density at radius 2 is 2.14 bits per heavy atom. The van der Waals surface area contributed by atoms with Crippen LogP contribution in [0.1, 0.15) is 18.7 Å². The van der Waals surface area contributed by atoms with E-state index in [0.29, 0.717) is 17.2 Å². The fraction of sp³-hybridized carbons (Fsp3) is 0.286. The topological polar surface area (TPSA) is 85.3 Å². The van der Waals surface area contributed by atoms with Gasteiger partial charge in [0.15, 0.2) is 0 Å². The lowest BCUT2D eigenvalue weighted by Crippen LogP contribution is -2.29. The number of sulfonamides is 1. The molecule has 0 saturated carbocycles. The summed E-state index contributed by atoms with van der Waals surface area (Å²) < 4.78 is 31.8. The molecule has 7 heteroatoms. The predicted molar refractivity (Wildman–Crippen MR) is 85.6 cm³/mol. The third-order valence-corrected chi connectivity index (χ3v) is 5.51. The summed E-state index contributed by atoms with van der Waals surface area (Å²) in [7, 11) is -3.35. The number of thioether (sulfide) groups is 1. The van der Waals surface area contributed by atoms with Crippen LogP contribution in [0.15, 0.2) is 52.0 Å². The minimum absolute atomic E-state index is 0.0392. The van der Waals surface area contributed by atoms with E-state index < -0.39 is 10.0 Å². The Balaban J connectivity index is 1.84. The lowest BCUT2D eigenvalue weighted by atomic mass is 10.3. The Hall–Kier alpha value is -1.44. The van der Waals surface area contributed by atoms with Gasteiger partial charge in [0.25, 0.3) is 0 Å². The van der Waals surface area contributed by atoms with Crippen molar-refractivity contribution in [3.05, 3.63) is 48.4 Å². The molecule has 0 saturated heterocycles. The smallest absolute Gasteiger partial charge is 0.213 e. The Labute approximate surface area is 129 Å². The van der Waals surface area contributed by atoms with Crippen LogP contribution in [0.3, 0.4) is 0 Å². The van der Waals surface area contributed by atoms with E-state index in [1.54, 1.807) is 25.1 Å². The monoisotopic (exact) mass is 326 g/mol. The van der Waals surface area contributed by atoms with E-state index in [9.17, 15) is 8.42 Å². The molecule has 0 aliphatic rings. The van der Waals surface area contributed by atoms with Gasteiger partial charge in [-0.25, -0.2) is 13.1 Å². The zero-order valence-corrected chi connectivity index (χ0v) is 13.3. The van der Waals surface area contributed by atoms with Gasteiger partial charge in [0.2, 0.25) is 10.0 Å². The maximum absolute atomic E-state index is 12.0. The van der Waals surface area contributed by atoms with Gasteiger partial charge in [0.05, 0.1) is 18.1 Å². The maximum atomic E-state index is 12.0. The third kappa shape index (κ3) is 5.11. The molecule has 0 amide bonds. The van der Waals surface area contributed by atoms with E-state index in [2.05, 4.69) is 4.72 Å². The van der Waals surface area contributed by atoms with Gasteiger partial charge < -0.3 is 10.2 Å². The van der Waals surface area contributed by atoms with E-state index in [4.69, 9.17) is 10.2 Å². The van der Waals surface area contributed by atoms with Crippen LogP contribution >= 0.6 is 11.8 Å². The van der Waals surface area contributed by atoms with E-state index in [1.165, 1.54) is 18.0 Å². The second-order valence-corrected chi connectivity index (χ2v) is 7.64. The molecule has 1 unspecified atom stereocenters. The first kappa shape index (κ1) is 15.9. The zero-order valence-electron chi connectivity index (χ0n) is 11.7. The molecule has 0 radical (unpaired) electrons. The van der Waals surface area contributed by atoms with Gasteiger partial charge in [0, 0.05) is 16.3 Å². The summed E-state index contributed by atoms with van der Waals surface area (Å²) in [5, 5.41) is 0. The first-order chi connectivity index (χ1) is 9.96. The van der Waals surface area contributed by atoms with Crippen molar-refractivity contribution < 1.29 is 12.8 Å². The van der Waals surface area contributed by atoms with Crippen molar-refractivity contribution in [3.63, 3.8) is 0 Å². The molecule has 1 aromatic carbocycles. The lowest BCUT2D eigenvalue weighted by molar-refractivity contribution is 0.459. The molecule has 114 valence electrons. The van der Waals surface area contributed by atoms with Gasteiger partial charge in [-0.3, -0.25) is 0 Å². The Morgan fingerprint density at radius 3 is 2.81 bits per heavy atom. The highest BCUT2D eigenvalue weighted by Crippen LogP contribution is 2.20. The molecule has 0 aliphatic carbocycles. The minimum atomic E-state index is -3.35. The first-order valence-corrected chi connectivity index (χ1v) is 9.12. The normalized spacial score (nSPS) is 13.2. The number of nitrogens with two attached hydrogens (primary N) is 1. The van der Waals surface area contributed by atoms with Crippen molar-refractivity contribution in [1.82, 2.24) is 4.72 Å². The molecule has 2 rings (SSSR count). The summed E-state index contributed by atoms with van der Waals surface area (Å²) in [6, 6.07) is 10.5. The first-order valence-electron chi connectivity index (χ1n) is 6.48. The summed E-state index contributed by atoms with van der Waals surface area (Å²) in [6.07, 6.45) is 1.52. The molecule has 5 nitrogen and oxygen atoms in total. The summed E-state index contributed by atoms with van der Waals surface area (Å²) in [5.74, 6) is 1.10. The molecule has 0 spiro atoms. The quantitative estimate of drug-likeness (QED) is 0.603. The van der Waals surface area contributed by atoms with E-state index >= 15 is 0 Å². The molecular weight excluding hydrogens is 308 g/mol. The van der Waals surface area contributed by atoms with Crippen molar-refractivity contribution in [2.24, 2.45) is 0 Å². The number of furan rings is 1. The van der Waals surface area contributed by atoms with Crippen LogP contribution in [0.4, 0.5) is 5.69 Å². The molecule has 3 N–H and O–H groups in total. The summed E-state index contributed by atoms with van der Waals surface area (Å²) >= 11 is 1.46. The predicted octanol–water partition coefficient (Wildman–Crippen LogP) is 2.63. The van der Waals surface area contributed by atoms with Crippen LogP contribution < -0.4 is 10.5 Å². The van der Waals surface area contributed by atoms with E-state index in [1.807, 2.05) is 18.2 Å². The molecule has 1 atom stereocenters. The standard InChI is InChI=1S/C14H18N2O3S2/c1-11(14-6-3-7-19-14)16-21(17,18)9-8-20-13-5-2-4-12(15)10-13/h2-7,10-11,16H,8-9,15H2,1H3. The Morgan fingerprint density at radius 1 is 1.33 bits per heavy atom. The van der Waals surface area contributed by atoms with Gasteiger partial charge in [-0.05, 0) is 37.3 Å². The summed E-state index contributed by atoms with van der Waals surface area (Å²) in [5.41, 5.74) is 6.36. The largest absolute Gasteiger partial charge is 0.468 e. The number of rotatable bonds is 7. The molecule has 0 fully saturated rings. The highest BCUT2D eigenvalue weighted by Gasteiger charge is 2.17. The van der Waals surface area contributed by atoms with Crippen LogP contribution in [0, 0.1) is 0 Å².